The molecule has 0 saturated carbocycles. The first-order valence-corrected chi connectivity index (χ1v) is 3.40. The largest absolute Gasteiger partial charge is 0.385 e. The van der Waals surface area contributed by atoms with Gasteiger partial charge in [-0.25, -0.2) is 14.4 Å². The summed E-state index contributed by atoms with van der Waals surface area (Å²) in [7, 11) is 0. The van der Waals surface area contributed by atoms with Gasteiger partial charge >= 0.3 is 0 Å². The van der Waals surface area contributed by atoms with E-state index in [0.29, 0.717) is 0 Å². The zero-order valence-corrected chi connectivity index (χ0v) is 6.50. The molecule has 1 aromatic rings. The van der Waals surface area contributed by atoms with E-state index in [9.17, 15) is 9.50 Å². The minimum absolute atomic E-state index is 0.0359. The lowest BCUT2D eigenvalue weighted by molar-refractivity contribution is 0.176. The lowest BCUT2D eigenvalue weighted by atomic mass is 10.3. The van der Waals surface area contributed by atoms with Crippen LogP contribution in [0.3, 0.4) is 0 Å². The standard InChI is InChI=1S/C6H6FN5O/c7-4-1-9-6(10-2-4)5(13)3-11-12-8/h1-2,5,13H,3H2. The van der Waals surface area contributed by atoms with Gasteiger partial charge in [-0.2, -0.15) is 0 Å². The quantitative estimate of drug-likeness (QED) is 0.429. The molecule has 1 atom stereocenters. The minimum Gasteiger partial charge on any atom is -0.385 e. The van der Waals surface area contributed by atoms with Gasteiger partial charge in [-0.3, -0.25) is 0 Å². The highest BCUT2D eigenvalue weighted by Crippen LogP contribution is 2.06. The molecule has 6 nitrogen and oxygen atoms in total. The first-order chi connectivity index (χ1) is 6.24. The third-order valence-corrected chi connectivity index (χ3v) is 1.26. The fraction of sp³-hybridized carbons (Fsp3) is 0.333. The molecule has 0 aliphatic carbocycles. The summed E-state index contributed by atoms with van der Waals surface area (Å²) in [5, 5.41) is 12.4. The summed E-state index contributed by atoms with van der Waals surface area (Å²) in [5.41, 5.74) is 7.95. The highest BCUT2D eigenvalue weighted by molar-refractivity contribution is 4.95. The Bertz CT molecular complexity index is 320. The van der Waals surface area contributed by atoms with E-state index < -0.39 is 11.9 Å². The SMILES string of the molecule is [N-]=[N+]=NCC(O)c1ncc(F)cn1. The smallest absolute Gasteiger partial charge is 0.159 e. The molecule has 7 heteroatoms. The lowest BCUT2D eigenvalue weighted by Gasteiger charge is -2.03. The molecule has 1 heterocycles. The van der Waals surface area contributed by atoms with Gasteiger partial charge in [0, 0.05) is 4.91 Å². The number of hydrogen-bond acceptors (Lipinski definition) is 4. The molecule has 0 aliphatic heterocycles. The van der Waals surface area contributed by atoms with Gasteiger partial charge in [0.25, 0.3) is 0 Å². The topological polar surface area (TPSA) is 94.8 Å². The number of azide groups is 1. The van der Waals surface area contributed by atoms with Gasteiger partial charge in [0.15, 0.2) is 11.6 Å². The molecule has 0 fully saturated rings. The number of halogens is 1. The van der Waals surface area contributed by atoms with Crippen molar-refractivity contribution in [2.24, 2.45) is 5.11 Å². The van der Waals surface area contributed by atoms with Crippen molar-refractivity contribution in [2.45, 2.75) is 6.10 Å². The van der Waals surface area contributed by atoms with Gasteiger partial charge in [-0.1, -0.05) is 5.11 Å². The molecule has 68 valence electrons. The second kappa shape index (κ2) is 4.34. The van der Waals surface area contributed by atoms with Crippen LogP contribution in [-0.4, -0.2) is 21.6 Å². The van der Waals surface area contributed by atoms with Crippen LogP contribution in [0.5, 0.6) is 0 Å². The Hall–Kier alpha value is -1.72. The predicted octanol–water partition coefficient (Wildman–Crippen LogP) is 0.959. The second-order valence-electron chi connectivity index (χ2n) is 2.19. The molecule has 0 aromatic carbocycles. The summed E-state index contributed by atoms with van der Waals surface area (Å²) < 4.78 is 12.3. The molecule has 0 saturated heterocycles. The van der Waals surface area contributed by atoms with Crippen LogP contribution in [0.4, 0.5) is 4.39 Å². The minimum atomic E-state index is -1.09. The molecular weight excluding hydrogens is 177 g/mol. The number of aromatic nitrogens is 2. The van der Waals surface area contributed by atoms with Gasteiger partial charge in [-0.15, -0.1) is 0 Å². The van der Waals surface area contributed by atoms with Gasteiger partial charge in [0.1, 0.15) is 6.10 Å². The summed E-state index contributed by atoms with van der Waals surface area (Å²) in [6.45, 7) is -0.165. The van der Waals surface area contributed by atoms with Crippen molar-refractivity contribution in [3.63, 3.8) is 0 Å². The van der Waals surface area contributed by atoms with E-state index in [2.05, 4.69) is 20.0 Å². The maximum Gasteiger partial charge on any atom is 0.159 e. The van der Waals surface area contributed by atoms with Crippen molar-refractivity contribution >= 4 is 0 Å². The molecule has 0 radical (unpaired) electrons. The Morgan fingerprint density at radius 1 is 1.62 bits per heavy atom. The molecule has 1 rings (SSSR count). The number of aliphatic hydroxyl groups is 1. The third kappa shape index (κ3) is 2.66. The average molecular weight is 183 g/mol. The van der Waals surface area contributed by atoms with E-state index in [1.165, 1.54) is 0 Å². The summed E-state index contributed by atoms with van der Waals surface area (Å²) >= 11 is 0. The van der Waals surface area contributed by atoms with Crippen LogP contribution in [0.25, 0.3) is 10.4 Å². The molecule has 1 unspecified atom stereocenters. The van der Waals surface area contributed by atoms with E-state index in [1.54, 1.807) is 0 Å². The lowest BCUT2D eigenvalue weighted by Crippen LogP contribution is -2.06. The molecule has 0 amide bonds. The first-order valence-electron chi connectivity index (χ1n) is 3.40. The number of nitrogens with zero attached hydrogens (tertiary/aromatic N) is 5. The summed E-state index contributed by atoms with van der Waals surface area (Å²) in [6, 6.07) is 0. The van der Waals surface area contributed by atoms with Crippen molar-refractivity contribution in [3.05, 3.63) is 34.5 Å². The van der Waals surface area contributed by atoms with E-state index in [0.717, 1.165) is 12.4 Å². The Morgan fingerprint density at radius 2 is 2.23 bits per heavy atom. The number of hydrogen-bond donors (Lipinski definition) is 1. The molecule has 1 N–H and O–H groups in total. The van der Waals surface area contributed by atoms with Crippen LogP contribution >= 0.6 is 0 Å². The van der Waals surface area contributed by atoms with Gasteiger partial charge in [0.05, 0.1) is 18.9 Å². The predicted molar refractivity (Wildman–Crippen MR) is 41.0 cm³/mol. The van der Waals surface area contributed by atoms with Crippen molar-refractivity contribution in [2.75, 3.05) is 6.54 Å². The Labute approximate surface area is 72.7 Å². The summed E-state index contributed by atoms with van der Waals surface area (Å²) in [5.74, 6) is -0.548. The van der Waals surface area contributed by atoms with Gasteiger partial charge in [0.2, 0.25) is 0 Å². The van der Waals surface area contributed by atoms with E-state index in [4.69, 9.17) is 5.53 Å². The molecular formula is C6H6FN5O. The number of aliphatic hydroxyl groups excluding tert-OH is 1. The highest BCUT2D eigenvalue weighted by Gasteiger charge is 2.08. The van der Waals surface area contributed by atoms with E-state index in [1.807, 2.05) is 0 Å². The van der Waals surface area contributed by atoms with Crippen LogP contribution in [0.2, 0.25) is 0 Å². The van der Waals surface area contributed by atoms with Crippen LogP contribution in [-0.2, 0) is 0 Å². The van der Waals surface area contributed by atoms with Crippen LogP contribution in [0, 0.1) is 5.82 Å². The highest BCUT2D eigenvalue weighted by atomic mass is 19.1. The Kier molecular flexibility index (Phi) is 3.13. The van der Waals surface area contributed by atoms with Gasteiger partial charge in [-0.05, 0) is 5.53 Å². The van der Waals surface area contributed by atoms with Crippen molar-refractivity contribution < 1.29 is 9.50 Å². The zero-order valence-electron chi connectivity index (χ0n) is 6.50. The van der Waals surface area contributed by atoms with Crippen LogP contribution in [0.1, 0.15) is 11.9 Å². The Morgan fingerprint density at radius 3 is 2.77 bits per heavy atom. The van der Waals surface area contributed by atoms with E-state index in [-0.39, 0.29) is 12.4 Å². The molecule has 0 aliphatic rings. The third-order valence-electron chi connectivity index (χ3n) is 1.26. The average Bonchev–Trinajstić information content (AvgIpc) is 2.15. The molecule has 1 aromatic heterocycles. The fourth-order valence-electron chi connectivity index (χ4n) is 0.690. The van der Waals surface area contributed by atoms with Crippen LogP contribution < -0.4 is 0 Å². The monoisotopic (exact) mass is 183 g/mol. The number of rotatable bonds is 3. The molecule has 0 bridgehead atoms. The fourth-order valence-corrected chi connectivity index (χ4v) is 0.690. The first kappa shape index (κ1) is 9.37. The maximum absolute atomic E-state index is 12.3. The maximum atomic E-state index is 12.3. The van der Waals surface area contributed by atoms with Crippen molar-refractivity contribution in [3.8, 4) is 0 Å². The second-order valence-corrected chi connectivity index (χ2v) is 2.19. The molecule has 0 spiro atoms. The summed E-state index contributed by atoms with van der Waals surface area (Å²) in [4.78, 5) is 9.48. The normalized spacial score (nSPS) is 11.8. The van der Waals surface area contributed by atoms with E-state index >= 15 is 0 Å². The van der Waals surface area contributed by atoms with Crippen LogP contribution in [0.15, 0.2) is 17.5 Å². The van der Waals surface area contributed by atoms with Crippen molar-refractivity contribution in [1.82, 2.24) is 9.97 Å². The summed E-state index contributed by atoms with van der Waals surface area (Å²) in [6.07, 6.45) is 0.778. The Balaban J connectivity index is 2.71. The van der Waals surface area contributed by atoms with Gasteiger partial charge < -0.3 is 5.11 Å². The van der Waals surface area contributed by atoms with Crippen molar-refractivity contribution in [1.29, 1.82) is 0 Å². The zero-order chi connectivity index (χ0) is 9.68. The molecule has 13 heavy (non-hydrogen) atoms.